The summed E-state index contributed by atoms with van der Waals surface area (Å²) in [6.07, 6.45) is 0. The zero-order chi connectivity index (χ0) is 13.8. The van der Waals surface area contributed by atoms with E-state index < -0.39 is 0 Å². The first-order chi connectivity index (χ1) is 9.13. The Kier molecular flexibility index (Phi) is 3.85. The van der Waals surface area contributed by atoms with Crippen LogP contribution in [0.1, 0.15) is 11.3 Å². The molecule has 0 aliphatic rings. The maximum Gasteiger partial charge on any atom is 0.299 e. The van der Waals surface area contributed by atoms with E-state index in [1.54, 1.807) is 14.0 Å². The standard InChI is InChI=1S/C14H16N2O3/c1-10-7-13(17)16(14(15-10)19-3)9-11-5-4-6-12(8-11)18-2/h4-8H,9H2,1-3H3. The summed E-state index contributed by atoms with van der Waals surface area (Å²) >= 11 is 0. The van der Waals surface area contributed by atoms with Gasteiger partial charge in [0.15, 0.2) is 0 Å². The van der Waals surface area contributed by atoms with Crippen molar-refractivity contribution in [1.29, 1.82) is 0 Å². The third-order valence-electron chi connectivity index (χ3n) is 2.76. The van der Waals surface area contributed by atoms with Crippen LogP contribution in [0.25, 0.3) is 0 Å². The Balaban J connectivity index is 2.40. The molecule has 0 fully saturated rings. The van der Waals surface area contributed by atoms with Gasteiger partial charge in [0.2, 0.25) is 0 Å². The smallest absolute Gasteiger partial charge is 0.299 e. The molecule has 0 bridgehead atoms. The molecule has 0 atom stereocenters. The van der Waals surface area contributed by atoms with E-state index in [1.807, 2.05) is 24.3 Å². The lowest BCUT2D eigenvalue weighted by Gasteiger charge is -2.11. The summed E-state index contributed by atoms with van der Waals surface area (Å²) in [5.74, 6) is 0.754. The van der Waals surface area contributed by atoms with Gasteiger partial charge in [-0.15, -0.1) is 0 Å². The van der Waals surface area contributed by atoms with Crippen LogP contribution in [-0.4, -0.2) is 23.8 Å². The predicted octanol–water partition coefficient (Wildman–Crippen LogP) is 1.62. The van der Waals surface area contributed by atoms with Gasteiger partial charge < -0.3 is 9.47 Å². The second kappa shape index (κ2) is 5.56. The van der Waals surface area contributed by atoms with Crippen molar-refractivity contribution < 1.29 is 9.47 Å². The number of aromatic nitrogens is 2. The van der Waals surface area contributed by atoms with Gasteiger partial charge in [0.05, 0.1) is 20.8 Å². The largest absolute Gasteiger partial charge is 0.497 e. The molecule has 0 amide bonds. The van der Waals surface area contributed by atoms with Gasteiger partial charge in [0.25, 0.3) is 11.6 Å². The van der Waals surface area contributed by atoms with Gasteiger partial charge in [0, 0.05) is 11.8 Å². The average Bonchev–Trinajstić information content (AvgIpc) is 2.41. The predicted molar refractivity (Wildman–Crippen MR) is 71.9 cm³/mol. The maximum atomic E-state index is 12.0. The van der Waals surface area contributed by atoms with Crippen LogP contribution in [0.15, 0.2) is 35.1 Å². The zero-order valence-electron chi connectivity index (χ0n) is 11.2. The van der Waals surface area contributed by atoms with Gasteiger partial charge in [-0.2, -0.15) is 0 Å². The molecule has 100 valence electrons. The van der Waals surface area contributed by atoms with E-state index in [9.17, 15) is 4.79 Å². The molecule has 0 unspecified atom stereocenters. The van der Waals surface area contributed by atoms with Gasteiger partial charge in [-0.1, -0.05) is 12.1 Å². The minimum atomic E-state index is -0.132. The third-order valence-corrected chi connectivity index (χ3v) is 2.76. The van der Waals surface area contributed by atoms with Crippen LogP contribution in [0.5, 0.6) is 11.8 Å². The highest BCUT2D eigenvalue weighted by molar-refractivity contribution is 5.29. The summed E-state index contributed by atoms with van der Waals surface area (Å²) in [5, 5.41) is 0. The van der Waals surface area contributed by atoms with Crippen molar-refractivity contribution in [2.75, 3.05) is 14.2 Å². The number of ether oxygens (including phenoxy) is 2. The number of benzene rings is 1. The van der Waals surface area contributed by atoms with Crippen molar-refractivity contribution in [2.24, 2.45) is 0 Å². The summed E-state index contributed by atoms with van der Waals surface area (Å²) in [4.78, 5) is 16.2. The van der Waals surface area contributed by atoms with Crippen LogP contribution in [0.3, 0.4) is 0 Å². The topological polar surface area (TPSA) is 53.4 Å². The highest BCUT2D eigenvalue weighted by atomic mass is 16.5. The lowest BCUT2D eigenvalue weighted by Crippen LogP contribution is -2.23. The first-order valence-corrected chi connectivity index (χ1v) is 5.89. The molecule has 2 rings (SSSR count). The first-order valence-electron chi connectivity index (χ1n) is 5.89. The van der Waals surface area contributed by atoms with Crippen molar-refractivity contribution in [2.45, 2.75) is 13.5 Å². The lowest BCUT2D eigenvalue weighted by atomic mass is 10.2. The van der Waals surface area contributed by atoms with Crippen molar-refractivity contribution in [1.82, 2.24) is 9.55 Å². The Morgan fingerprint density at radius 1 is 1.21 bits per heavy atom. The van der Waals surface area contributed by atoms with Crippen LogP contribution in [0.4, 0.5) is 0 Å². The minimum absolute atomic E-state index is 0.132. The molecule has 0 N–H and O–H groups in total. The summed E-state index contributed by atoms with van der Waals surface area (Å²) in [7, 11) is 3.11. The van der Waals surface area contributed by atoms with Crippen LogP contribution in [0, 0.1) is 6.92 Å². The molecular weight excluding hydrogens is 244 g/mol. The fourth-order valence-electron chi connectivity index (χ4n) is 1.85. The maximum absolute atomic E-state index is 12.0. The van der Waals surface area contributed by atoms with E-state index >= 15 is 0 Å². The molecule has 0 spiro atoms. The van der Waals surface area contributed by atoms with Crippen molar-refractivity contribution in [3.8, 4) is 11.8 Å². The second-order valence-electron chi connectivity index (χ2n) is 4.16. The van der Waals surface area contributed by atoms with Gasteiger partial charge in [0.1, 0.15) is 5.75 Å². The molecule has 5 heteroatoms. The minimum Gasteiger partial charge on any atom is -0.497 e. The number of rotatable bonds is 4. The normalized spacial score (nSPS) is 10.3. The Morgan fingerprint density at radius 3 is 2.68 bits per heavy atom. The summed E-state index contributed by atoms with van der Waals surface area (Å²) < 4.78 is 11.8. The van der Waals surface area contributed by atoms with E-state index in [1.165, 1.54) is 17.7 Å². The third kappa shape index (κ3) is 2.93. The van der Waals surface area contributed by atoms with E-state index in [-0.39, 0.29) is 5.56 Å². The Morgan fingerprint density at radius 2 is 2.00 bits per heavy atom. The molecule has 2 aromatic rings. The van der Waals surface area contributed by atoms with Crippen molar-refractivity contribution in [3.05, 3.63) is 51.9 Å². The molecule has 5 nitrogen and oxygen atoms in total. The SMILES string of the molecule is COc1cccc(Cn2c(OC)nc(C)cc2=O)c1. The molecule has 0 aliphatic heterocycles. The van der Waals surface area contributed by atoms with Gasteiger partial charge in [-0.3, -0.25) is 9.36 Å². The first kappa shape index (κ1) is 13.1. The zero-order valence-corrected chi connectivity index (χ0v) is 11.2. The van der Waals surface area contributed by atoms with Crippen molar-refractivity contribution in [3.63, 3.8) is 0 Å². The monoisotopic (exact) mass is 260 g/mol. The summed E-state index contributed by atoms with van der Waals surface area (Å²) in [5.41, 5.74) is 1.46. The number of hydrogen-bond donors (Lipinski definition) is 0. The van der Waals surface area contributed by atoms with Crippen LogP contribution in [-0.2, 0) is 6.54 Å². The molecule has 1 aromatic heterocycles. The fourth-order valence-corrected chi connectivity index (χ4v) is 1.85. The average molecular weight is 260 g/mol. The molecular formula is C14H16N2O3. The molecule has 0 radical (unpaired) electrons. The fraction of sp³-hybridized carbons (Fsp3) is 0.286. The Labute approximate surface area is 111 Å². The molecule has 19 heavy (non-hydrogen) atoms. The lowest BCUT2D eigenvalue weighted by molar-refractivity contribution is 0.349. The summed E-state index contributed by atoms with van der Waals surface area (Å²) in [6.45, 7) is 2.16. The van der Waals surface area contributed by atoms with E-state index in [0.717, 1.165) is 11.3 Å². The highest BCUT2D eigenvalue weighted by Crippen LogP contribution is 2.15. The highest BCUT2D eigenvalue weighted by Gasteiger charge is 2.08. The van der Waals surface area contributed by atoms with Crippen LogP contribution >= 0.6 is 0 Å². The Hall–Kier alpha value is -2.30. The van der Waals surface area contributed by atoms with Crippen molar-refractivity contribution >= 4 is 0 Å². The molecule has 1 heterocycles. The summed E-state index contributed by atoms with van der Waals surface area (Å²) in [6, 6.07) is 9.35. The quantitative estimate of drug-likeness (QED) is 0.838. The van der Waals surface area contributed by atoms with Gasteiger partial charge >= 0.3 is 0 Å². The van der Waals surface area contributed by atoms with E-state index in [0.29, 0.717) is 18.2 Å². The Bertz CT molecular complexity index is 635. The van der Waals surface area contributed by atoms with Crippen LogP contribution in [0.2, 0.25) is 0 Å². The van der Waals surface area contributed by atoms with Crippen LogP contribution < -0.4 is 15.0 Å². The van der Waals surface area contributed by atoms with E-state index in [2.05, 4.69) is 4.98 Å². The molecule has 0 saturated heterocycles. The van der Waals surface area contributed by atoms with E-state index in [4.69, 9.17) is 9.47 Å². The van der Waals surface area contributed by atoms with Gasteiger partial charge in [-0.05, 0) is 24.6 Å². The second-order valence-corrected chi connectivity index (χ2v) is 4.16. The number of aryl methyl sites for hydroxylation is 1. The molecule has 0 aliphatic carbocycles. The molecule has 0 saturated carbocycles. The molecule has 1 aromatic carbocycles. The number of nitrogens with zero attached hydrogens (tertiary/aromatic N) is 2. The van der Waals surface area contributed by atoms with Gasteiger partial charge in [-0.25, -0.2) is 4.98 Å². The number of hydrogen-bond acceptors (Lipinski definition) is 4. The number of methoxy groups -OCH3 is 2.